The average Bonchev–Trinajstić information content (AvgIpc) is 2.73. The van der Waals surface area contributed by atoms with E-state index in [1.54, 1.807) is 18.2 Å². The maximum absolute atomic E-state index is 11.7. The Labute approximate surface area is 171 Å². The van der Waals surface area contributed by atoms with E-state index in [2.05, 4.69) is 13.8 Å². The van der Waals surface area contributed by atoms with Crippen LogP contribution < -0.4 is 9.47 Å². The van der Waals surface area contributed by atoms with Crippen molar-refractivity contribution in [1.82, 2.24) is 0 Å². The van der Waals surface area contributed by atoms with Crippen molar-refractivity contribution in [3.8, 4) is 11.5 Å². The van der Waals surface area contributed by atoms with Crippen LogP contribution in [0.25, 0.3) is 11.6 Å². The van der Waals surface area contributed by atoms with Gasteiger partial charge in [0.15, 0.2) is 0 Å². The summed E-state index contributed by atoms with van der Waals surface area (Å²) in [6, 6.07) is 22.4. The molecule has 0 saturated carbocycles. The lowest BCUT2D eigenvalue weighted by Crippen LogP contribution is -2.09. The van der Waals surface area contributed by atoms with Crippen molar-refractivity contribution < 1.29 is 19.4 Å². The van der Waals surface area contributed by atoms with Crippen LogP contribution in [0.5, 0.6) is 11.5 Å². The van der Waals surface area contributed by atoms with Gasteiger partial charge < -0.3 is 14.6 Å². The highest BCUT2D eigenvalue weighted by molar-refractivity contribution is 6.20. The highest BCUT2D eigenvalue weighted by atomic mass is 16.5. The Morgan fingerprint density at radius 1 is 0.828 bits per heavy atom. The zero-order valence-electron chi connectivity index (χ0n) is 16.6. The largest absolute Gasteiger partial charge is 0.490 e. The highest BCUT2D eigenvalue weighted by Crippen LogP contribution is 2.21. The summed E-state index contributed by atoms with van der Waals surface area (Å²) in [4.78, 5) is 11.7. The van der Waals surface area contributed by atoms with Crippen LogP contribution in [-0.4, -0.2) is 24.3 Å². The van der Waals surface area contributed by atoms with Gasteiger partial charge in [-0.25, -0.2) is 4.79 Å². The minimum Gasteiger partial charge on any atom is -0.490 e. The molecule has 0 aliphatic heterocycles. The summed E-state index contributed by atoms with van der Waals surface area (Å²) in [5.41, 5.74) is 4.08. The molecular weight excluding hydrogens is 364 g/mol. The van der Waals surface area contributed by atoms with Gasteiger partial charge >= 0.3 is 5.97 Å². The summed E-state index contributed by atoms with van der Waals surface area (Å²) in [6.45, 7) is 4.94. The van der Waals surface area contributed by atoms with E-state index in [9.17, 15) is 9.90 Å². The summed E-state index contributed by atoms with van der Waals surface area (Å²) in [6.07, 6.45) is 1.65. The van der Waals surface area contributed by atoms with E-state index in [4.69, 9.17) is 9.47 Å². The molecule has 1 N–H and O–H groups in total. The van der Waals surface area contributed by atoms with Gasteiger partial charge in [0.2, 0.25) is 0 Å². The molecule has 3 aromatic carbocycles. The van der Waals surface area contributed by atoms with Gasteiger partial charge in [0, 0.05) is 0 Å². The quantitative estimate of drug-likeness (QED) is 0.319. The van der Waals surface area contributed by atoms with E-state index < -0.39 is 5.97 Å². The van der Waals surface area contributed by atoms with E-state index >= 15 is 0 Å². The van der Waals surface area contributed by atoms with Gasteiger partial charge in [-0.15, -0.1) is 0 Å². The van der Waals surface area contributed by atoms with Crippen LogP contribution in [0.4, 0.5) is 0 Å². The third kappa shape index (κ3) is 5.72. The second-order valence-electron chi connectivity index (χ2n) is 6.74. The first kappa shape index (κ1) is 20.2. The van der Waals surface area contributed by atoms with E-state index in [1.807, 2.05) is 60.7 Å². The summed E-state index contributed by atoms with van der Waals surface area (Å²) in [5, 5.41) is 9.56. The van der Waals surface area contributed by atoms with Gasteiger partial charge in [-0.2, -0.15) is 0 Å². The second-order valence-corrected chi connectivity index (χ2v) is 6.74. The normalized spacial score (nSPS) is 11.2. The first-order valence-corrected chi connectivity index (χ1v) is 9.46. The molecule has 4 nitrogen and oxygen atoms in total. The molecule has 0 saturated heterocycles. The van der Waals surface area contributed by atoms with Crippen LogP contribution in [0.2, 0.25) is 0 Å². The zero-order chi connectivity index (χ0) is 20.6. The molecule has 4 heteroatoms. The van der Waals surface area contributed by atoms with Crippen molar-refractivity contribution in [3.63, 3.8) is 0 Å². The fraction of sp³-hybridized carbons (Fsp3) is 0.160. The maximum Gasteiger partial charge on any atom is 0.336 e. The second kappa shape index (κ2) is 9.60. The fourth-order valence-electron chi connectivity index (χ4n) is 2.87. The topological polar surface area (TPSA) is 55.8 Å². The predicted octanol–water partition coefficient (Wildman–Crippen LogP) is 5.39. The summed E-state index contributed by atoms with van der Waals surface area (Å²) in [5.74, 6) is 0.520. The Kier molecular flexibility index (Phi) is 6.69. The standard InChI is InChI=1S/C25H24O4/c1-18-11-12-23(15-19(18)2)29-14-13-28-22-10-6-7-20(16-22)17-24(25(26)27)21-8-4-3-5-9-21/h3-12,15-17H,13-14H2,1-2H3,(H,26,27). The molecule has 0 aliphatic rings. The third-order valence-corrected chi connectivity index (χ3v) is 4.58. The number of carbonyl (C=O) groups is 1. The van der Waals surface area contributed by atoms with Crippen molar-refractivity contribution in [2.45, 2.75) is 13.8 Å². The smallest absolute Gasteiger partial charge is 0.336 e. The SMILES string of the molecule is Cc1ccc(OCCOc2cccc(C=C(C(=O)O)c3ccccc3)c2)cc1C. The monoisotopic (exact) mass is 388 g/mol. The van der Waals surface area contributed by atoms with Gasteiger partial charge in [-0.05, 0) is 66.4 Å². The van der Waals surface area contributed by atoms with Gasteiger partial charge in [0.25, 0.3) is 0 Å². The van der Waals surface area contributed by atoms with Crippen molar-refractivity contribution in [2.24, 2.45) is 0 Å². The molecule has 0 unspecified atom stereocenters. The Morgan fingerprint density at radius 2 is 1.52 bits per heavy atom. The lowest BCUT2D eigenvalue weighted by atomic mass is 10.0. The molecule has 3 rings (SSSR count). The fourth-order valence-corrected chi connectivity index (χ4v) is 2.87. The molecule has 0 fully saturated rings. The number of carboxylic acids is 1. The summed E-state index contributed by atoms with van der Waals surface area (Å²) < 4.78 is 11.5. The predicted molar refractivity (Wildman–Crippen MR) is 115 cm³/mol. The molecule has 0 aliphatic carbocycles. The minimum atomic E-state index is -0.968. The van der Waals surface area contributed by atoms with E-state index in [0.29, 0.717) is 24.5 Å². The number of benzene rings is 3. The summed E-state index contributed by atoms with van der Waals surface area (Å²) in [7, 11) is 0. The molecule has 0 atom stereocenters. The molecular formula is C25H24O4. The van der Waals surface area contributed by atoms with Gasteiger partial charge in [-0.1, -0.05) is 48.5 Å². The zero-order valence-corrected chi connectivity index (χ0v) is 16.6. The number of aryl methyl sites for hydroxylation is 2. The minimum absolute atomic E-state index is 0.237. The van der Waals surface area contributed by atoms with Crippen molar-refractivity contribution in [1.29, 1.82) is 0 Å². The average molecular weight is 388 g/mol. The Balaban J connectivity index is 1.63. The number of hydrogen-bond acceptors (Lipinski definition) is 3. The number of rotatable bonds is 8. The summed E-state index contributed by atoms with van der Waals surface area (Å²) >= 11 is 0. The number of hydrogen-bond donors (Lipinski definition) is 1. The molecule has 29 heavy (non-hydrogen) atoms. The Hall–Kier alpha value is -3.53. The first-order chi connectivity index (χ1) is 14.0. The molecule has 0 heterocycles. The van der Waals surface area contributed by atoms with Crippen molar-refractivity contribution in [3.05, 3.63) is 95.1 Å². The Bertz CT molecular complexity index is 1010. The van der Waals surface area contributed by atoms with Crippen LogP contribution in [0.3, 0.4) is 0 Å². The maximum atomic E-state index is 11.7. The van der Waals surface area contributed by atoms with Crippen LogP contribution in [0.15, 0.2) is 72.8 Å². The van der Waals surface area contributed by atoms with Crippen LogP contribution in [-0.2, 0) is 4.79 Å². The Morgan fingerprint density at radius 3 is 2.17 bits per heavy atom. The van der Waals surface area contributed by atoms with E-state index in [0.717, 1.165) is 11.3 Å². The number of carboxylic acid groups (broad SMARTS) is 1. The van der Waals surface area contributed by atoms with Gasteiger partial charge in [0.1, 0.15) is 24.7 Å². The third-order valence-electron chi connectivity index (χ3n) is 4.58. The van der Waals surface area contributed by atoms with Crippen LogP contribution in [0, 0.1) is 13.8 Å². The lowest BCUT2D eigenvalue weighted by Gasteiger charge is -2.10. The molecule has 0 radical (unpaired) electrons. The lowest BCUT2D eigenvalue weighted by molar-refractivity contribution is -0.130. The van der Waals surface area contributed by atoms with E-state index in [-0.39, 0.29) is 5.57 Å². The van der Waals surface area contributed by atoms with E-state index in [1.165, 1.54) is 11.1 Å². The van der Waals surface area contributed by atoms with Crippen molar-refractivity contribution >= 4 is 17.6 Å². The van der Waals surface area contributed by atoms with Gasteiger partial charge in [0.05, 0.1) is 5.57 Å². The molecule has 0 bridgehead atoms. The molecule has 0 spiro atoms. The molecule has 3 aromatic rings. The highest BCUT2D eigenvalue weighted by Gasteiger charge is 2.10. The number of ether oxygens (including phenoxy) is 2. The van der Waals surface area contributed by atoms with Gasteiger partial charge in [-0.3, -0.25) is 0 Å². The molecule has 0 aromatic heterocycles. The van der Waals surface area contributed by atoms with Crippen LogP contribution >= 0.6 is 0 Å². The van der Waals surface area contributed by atoms with Crippen LogP contribution in [0.1, 0.15) is 22.3 Å². The molecule has 148 valence electrons. The molecule has 0 amide bonds. The van der Waals surface area contributed by atoms with Crippen molar-refractivity contribution in [2.75, 3.05) is 13.2 Å². The number of aliphatic carboxylic acids is 1. The first-order valence-electron chi connectivity index (χ1n) is 9.46.